The summed E-state index contributed by atoms with van der Waals surface area (Å²) >= 11 is 0. The maximum Gasteiger partial charge on any atom is 0.353 e. The van der Waals surface area contributed by atoms with Crippen LogP contribution in [0.2, 0.25) is 0 Å². The fraction of sp³-hybridized carbons (Fsp3) is 0.692. The minimum atomic E-state index is -0.397. The van der Waals surface area contributed by atoms with Crippen molar-refractivity contribution in [1.82, 2.24) is 14.9 Å². The Bertz CT molecular complexity index is 499. The van der Waals surface area contributed by atoms with E-state index in [0.717, 1.165) is 25.9 Å². The van der Waals surface area contributed by atoms with Crippen molar-refractivity contribution < 1.29 is 4.92 Å². The van der Waals surface area contributed by atoms with Gasteiger partial charge in [-0.25, -0.2) is 9.97 Å². The first kappa shape index (κ1) is 15.4. The highest BCUT2D eigenvalue weighted by Gasteiger charge is 2.29. The predicted molar refractivity (Wildman–Crippen MR) is 81.8 cm³/mol. The van der Waals surface area contributed by atoms with Crippen LogP contribution in [0.5, 0.6) is 0 Å². The van der Waals surface area contributed by atoms with Crippen molar-refractivity contribution >= 4 is 17.3 Å². The van der Waals surface area contributed by atoms with E-state index in [9.17, 15) is 10.1 Å². The first-order chi connectivity index (χ1) is 10.0. The molecular weight excluding hydrogens is 272 g/mol. The predicted octanol–water partition coefficient (Wildman–Crippen LogP) is 1.35. The minimum Gasteiger partial charge on any atom is -0.364 e. The van der Waals surface area contributed by atoms with Crippen LogP contribution in [0, 0.1) is 10.1 Å². The summed E-state index contributed by atoms with van der Waals surface area (Å²) in [7, 11) is 4.13. The van der Waals surface area contributed by atoms with Crippen LogP contribution >= 0.6 is 0 Å². The van der Waals surface area contributed by atoms with E-state index < -0.39 is 4.92 Å². The number of anilines is 2. The Balaban J connectivity index is 2.24. The summed E-state index contributed by atoms with van der Waals surface area (Å²) in [5.74, 6) is 0.713. The van der Waals surface area contributed by atoms with Gasteiger partial charge in [0, 0.05) is 25.7 Å². The maximum atomic E-state index is 11.4. The molecule has 21 heavy (non-hydrogen) atoms. The number of piperidine rings is 1. The lowest BCUT2D eigenvalue weighted by molar-refractivity contribution is -0.383. The number of aromatic nitrogens is 2. The van der Waals surface area contributed by atoms with Gasteiger partial charge in [0.1, 0.15) is 6.33 Å². The molecule has 1 aliphatic heterocycles. The molecule has 8 heteroatoms. The first-order valence-corrected chi connectivity index (χ1v) is 7.19. The van der Waals surface area contributed by atoms with Gasteiger partial charge in [-0.15, -0.1) is 0 Å². The van der Waals surface area contributed by atoms with Crippen molar-refractivity contribution in [2.24, 2.45) is 0 Å². The van der Waals surface area contributed by atoms with Gasteiger partial charge in [0.05, 0.1) is 4.92 Å². The zero-order chi connectivity index (χ0) is 15.4. The number of nitro groups is 1. The molecule has 1 aromatic rings. The third-order valence-corrected chi connectivity index (χ3v) is 3.82. The molecule has 8 nitrogen and oxygen atoms in total. The normalized spacial score (nSPS) is 16.3. The van der Waals surface area contributed by atoms with Crippen LogP contribution in [0.1, 0.15) is 19.8 Å². The number of hydrogen-bond donors (Lipinski definition) is 1. The Kier molecular flexibility index (Phi) is 4.89. The van der Waals surface area contributed by atoms with Crippen LogP contribution in [0.15, 0.2) is 6.33 Å². The van der Waals surface area contributed by atoms with E-state index in [1.807, 2.05) is 11.8 Å². The second-order valence-corrected chi connectivity index (χ2v) is 5.36. The first-order valence-electron chi connectivity index (χ1n) is 7.19. The molecule has 1 aromatic heterocycles. The van der Waals surface area contributed by atoms with Gasteiger partial charge >= 0.3 is 5.69 Å². The van der Waals surface area contributed by atoms with Gasteiger partial charge < -0.3 is 15.1 Å². The molecule has 0 aliphatic carbocycles. The SMILES string of the molecule is CCNc1ncnc(N2CCC(N(C)C)CC2)c1[N+](=O)[O-]. The Morgan fingerprint density at radius 3 is 2.62 bits per heavy atom. The minimum absolute atomic E-state index is 0.0253. The van der Waals surface area contributed by atoms with E-state index in [4.69, 9.17) is 0 Å². The van der Waals surface area contributed by atoms with Crippen LogP contribution < -0.4 is 10.2 Å². The summed E-state index contributed by atoms with van der Waals surface area (Å²) in [6.07, 6.45) is 3.34. The van der Waals surface area contributed by atoms with Crippen LogP contribution in [0.3, 0.4) is 0 Å². The standard InChI is InChI=1S/C13H22N6O2/c1-4-14-12-11(19(20)21)13(16-9-15-12)18-7-5-10(6-8-18)17(2)3/h9-10H,4-8H2,1-3H3,(H,14,15,16). The molecule has 0 saturated carbocycles. The Hall–Kier alpha value is -1.96. The molecule has 1 fully saturated rings. The lowest BCUT2D eigenvalue weighted by Crippen LogP contribution is -2.42. The molecule has 2 heterocycles. The van der Waals surface area contributed by atoms with Crippen molar-refractivity contribution in [2.75, 3.05) is 43.9 Å². The summed E-state index contributed by atoms with van der Waals surface area (Å²) in [6.45, 7) is 4.01. The topological polar surface area (TPSA) is 87.4 Å². The smallest absolute Gasteiger partial charge is 0.353 e. The van der Waals surface area contributed by atoms with Crippen LogP contribution in [0.25, 0.3) is 0 Å². The molecule has 0 spiro atoms. The molecule has 0 aromatic carbocycles. The van der Waals surface area contributed by atoms with Gasteiger partial charge in [0.2, 0.25) is 11.6 Å². The fourth-order valence-corrected chi connectivity index (χ4v) is 2.66. The molecule has 0 unspecified atom stereocenters. The molecule has 0 radical (unpaired) electrons. The molecule has 0 atom stereocenters. The Morgan fingerprint density at radius 1 is 1.43 bits per heavy atom. The monoisotopic (exact) mass is 294 g/mol. The van der Waals surface area contributed by atoms with E-state index in [1.54, 1.807) is 0 Å². The molecule has 0 bridgehead atoms. The summed E-state index contributed by atoms with van der Waals surface area (Å²) in [5, 5.41) is 14.3. The fourth-order valence-electron chi connectivity index (χ4n) is 2.66. The highest BCUT2D eigenvalue weighted by molar-refractivity contribution is 5.70. The largest absolute Gasteiger partial charge is 0.364 e. The number of hydrogen-bond acceptors (Lipinski definition) is 7. The van der Waals surface area contributed by atoms with Gasteiger partial charge in [-0.1, -0.05) is 0 Å². The van der Waals surface area contributed by atoms with Crippen molar-refractivity contribution in [1.29, 1.82) is 0 Å². The average molecular weight is 294 g/mol. The zero-order valence-electron chi connectivity index (χ0n) is 12.7. The van der Waals surface area contributed by atoms with Gasteiger partial charge in [-0.2, -0.15) is 0 Å². The zero-order valence-corrected chi connectivity index (χ0v) is 12.7. The van der Waals surface area contributed by atoms with Crippen molar-refractivity contribution in [3.05, 3.63) is 16.4 Å². The third kappa shape index (κ3) is 3.38. The summed E-state index contributed by atoms with van der Waals surface area (Å²) in [5.41, 5.74) is -0.0253. The van der Waals surface area contributed by atoms with Gasteiger partial charge in [0.25, 0.3) is 0 Å². The van der Waals surface area contributed by atoms with Crippen LogP contribution in [-0.4, -0.2) is 59.6 Å². The van der Waals surface area contributed by atoms with E-state index >= 15 is 0 Å². The Morgan fingerprint density at radius 2 is 2.10 bits per heavy atom. The van der Waals surface area contributed by atoms with E-state index in [-0.39, 0.29) is 5.69 Å². The van der Waals surface area contributed by atoms with Crippen LogP contribution in [-0.2, 0) is 0 Å². The average Bonchev–Trinajstić information content (AvgIpc) is 2.47. The summed E-state index contributed by atoms with van der Waals surface area (Å²) < 4.78 is 0. The lowest BCUT2D eigenvalue weighted by atomic mass is 10.0. The second kappa shape index (κ2) is 6.66. The molecule has 116 valence electrons. The molecule has 1 aliphatic rings. The summed E-state index contributed by atoms with van der Waals surface area (Å²) in [6, 6.07) is 0.524. The van der Waals surface area contributed by atoms with Gasteiger partial charge in [-0.3, -0.25) is 10.1 Å². The quantitative estimate of drug-likeness (QED) is 0.647. The van der Waals surface area contributed by atoms with Crippen molar-refractivity contribution in [2.45, 2.75) is 25.8 Å². The van der Waals surface area contributed by atoms with Gasteiger partial charge in [0.15, 0.2) is 0 Å². The van der Waals surface area contributed by atoms with Crippen molar-refractivity contribution in [3.63, 3.8) is 0 Å². The molecular formula is C13H22N6O2. The second-order valence-electron chi connectivity index (χ2n) is 5.36. The van der Waals surface area contributed by atoms with Crippen molar-refractivity contribution in [3.8, 4) is 0 Å². The van der Waals surface area contributed by atoms with Crippen LogP contribution in [0.4, 0.5) is 17.3 Å². The highest BCUT2D eigenvalue weighted by atomic mass is 16.6. The molecule has 1 N–H and O–H groups in total. The molecule has 1 saturated heterocycles. The van der Waals surface area contributed by atoms with E-state index in [2.05, 4.69) is 34.3 Å². The van der Waals surface area contributed by atoms with Gasteiger partial charge in [-0.05, 0) is 33.9 Å². The Labute approximate surface area is 124 Å². The number of rotatable bonds is 5. The molecule has 0 amide bonds. The highest BCUT2D eigenvalue weighted by Crippen LogP contribution is 2.33. The number of nitrogens with one attached hydrogen (secondary N) is 1. The maximum absolute atomic E-state index is 11.4. The summed E-state index contributed by atoms with van der Waals surface area (Å²) in [4.78, 5) is 23.3. The van der Waals surface area contributed by atoms with E-state index in [1.165, 1.54) is 6.33 Å². The molecule has 2 rings (SSSR count). The third-order valence-electron chi connectivity index (χ3n) is 3.82. The van der Waals surface area contributed by atoms with E-state index in [0.29, 0.717) is 24.2 Å². The lowest BCUT2D eigenvalue weighted by Gasteiger charge is -2.35. The number of nitrogens with zero attached hydrogens (tertiary/aromatic N) is 5.